The number of anilines is 1. The maximum absolute atomic E-state index is 13.2. The molecule has 2 heterocycles. The molecule has 1 saturated carbocycles. The molecule has 2 bridgehead atoms. The molecule has 2 aliphatic heterocycles. The van der Waals surface area contributed by atoms with Gasteiger partial charge in [0.15, 0.2) is 9.84 Å². The Bertz CT molecular complexity index is 736. The molecule has 4 rings (SSSR count). The van der Waals surface area contributed by atoms with Crippen LogP contribution in [-0.2, 0) is 9.84 Å². The fourth-order valence-corrected chi connectivity index (χ4v) is 5.85. The van der Waals surface area contributed by atoms with Crippen molar-refractivity contribution in [1.82, 2.24) is 4.90 Å². The molecule has 0 spiro atoms. The third kappa shape index (κ3) is 3.54. The molecule has 3 fully saturated rings. The molecule has 2 atom stereocenters. The van der Waals surface area contributed by atoms with Crippen LogP contribution in [0.25, 0.3) is 0 Å². The highest BCUT2D eigenvalue weighted by Crippen LogP contribution is 2.35. The summed E-state index contributed by atoms with van der Waals surface area (Å²) in [4.78, 5) is 17.3. The van der Waals surface area contributed by atoms with Gasteiger partial charge in [0.1, 0.15) is 0 Å². The Morgan fingerprint density at radius 2 is 1.64 bits per heavy atom. The quantitative estimate of drug-likeness (QED) is 0.809. The average molecular weight is 362 g/mol. The Morgan fingerprint density at radius 3 is 2.32 bits per heavy atom. The number of benzene rings is 1. The number of carbonyl (C=O) groups is 1. The minimum absolute atomic E-state index is 0.112. The van der Waals surface area contributed by atoms with Crippen LogP contribution in [0.5, 0.6) is 0 Å². The number of carbonyl (C=O) groups excluding carboxylic acids is 1. The lowest BCUT2D eigenvalue weighted by molar-refractivity contribution is 0.0505. The number of piperidine rings is 1. The van der Waals surface area contributed by atoms with Crippen LogP contribution in [0.4, 0.5) is 5.69 Å². The van der Waals surface area contributed by atoms with Crippen molar-refractivity contribution in [3.05, 3.63) is 29.8 Å². The summed E-state index contributed by atoms with van der Waals surface area (Å²) >= 11 is 0. The van der Waals surface area contributed by atoms with Crippen molar-refractivity contribution < 1.29 is 13.2 Å². The van der Waals surface area contributed by atoms with E-state index < -0.39 is 9.84 Å². The summed E-state index contributed by atoms with van der Waals surface area (Å²) in [5, 5.41) is 0. The van der Waals surface area contributed by atoms with Crippen LogP contribution in [0.3, 0.4) is 0 Å². The lowest BCUT2D eigenvalue weighted by Crippen LogP contribution is -2.46. The highest BCUT2D eigenvalue weighted by molar-refractivity contribution is 7.91. The van der Waals surface area contributed by atoms with Crippen LogP contribution in [0.15, 0.2) is 24.3 Å². The molecule has 1 aliphatic carbocycles. The van der Waals surface area contributed by atoms with Crippen LogP contribution >= 0.6 is 0 Å². The molecule has 0 radical (unpaired) electrons. The molecule has 136 valence electrons. The van der Waals surface area contributed by atoms with Gasteiger partial charge in [-0.3, -0.25) is 4.79 Å². The zero-order chi connectivity index (χ0) is 17.4. The van der Waals surface area contributed by atoms with E-state index in [1.165, 1.54) is 25.7 Å². The summed E-state index contributed by atoms with van der Waals surface area (Å²) in [7, 11) is -2.92. The van der Waals surface area contributed by atoms with Crippen molar-refractivity contribution in [2.24, 2.45) is 11.8 Å². The van der Waals surface area contributed by atoms with Crippen molar-refractivity contribution in [3.63, 3.8) is 0 Å². The van der Waals surface area contributed by atoms with E-state index in [1.807, 2.05) is 29.2 Å². The summed E-state index contributed by atoms with van der Waals surface area (Å²) in [6.07, 6.45) is 5.06. The first kappa shape index (κ1) is 16.9. The second-order valence-corrected chi connectivity index (χ2v) is 10.1. The molecule has 0 aromatic heterocycles. The van der Waals surface area contributed by atoms with Gasteiger partial charge >= 0.3 is 0 Å². The van der Waals surface area contributed by atoms with Crippen LogP contribution < -0.4 is 4.90 Å². The predicted octanol–water partition coefficient (Wildman–Crippen LogP) is 2.18. The first-order chi connectivity index (χ1) is 12.0. The first-order valence-corrected chi connectivity index (χ1v) is 11.2. The van der Waals surface area contributed by atoms with Gasteiger partial charge in [-0.2, -0.15) is 0 Å². The lowest BCUT2D eigenvalue weighted by atomic mass is 9.78. The van der Waals surface area contributed by atoms with Crippen molar-refractivity contribution in [2.45, 2.75) is 25.7 Å². The molecule has 0 unspecified atom stereocenters. The van der Waals surface area contributed by atoms with E-state index in [4.69, 9.17) is 0 Å². The van der Waals surface area contributed by atoms with E-state index in [1.54, 1.807) is 0 Å². The van der Waals surface area contributed by atoms with Crippen molar-refractivity contribution >= 4 is 21.4 Å². The Labute approximate surface area is 149 Å². The maximum Gasteiger partial charge on any atom is 0.255 e. The molecule has 6 heteroatoms. The molecule has 25 heavy (non-hydrogen) atoms. The van der Waals surface area contributed by atoms with E-state index in [9.17, 15) is 13.2 Å². The van der Waals surface area contributed by atoms with E-state index >= 15 is 0 Å². The summed E-state index contributed by atoms with van der Waals surface area (Å²) in [6.45, 7) is 2.69. The molecule has 0 N–H and O–H groups in total. The van der Waals surface area contributed by atoms with Gasteiger partial charge in [0.05, 0.1) is 17.1 Å². The first-order valence-electron chi connectivity index (χ1n) is 9.35. The van der Waals surface area contributed by atoms with Crippen LogP contribution in [0, 0.1) is 11.8 Å². The number of fused-ring (bicyclic) bond motifs is 2. The smallest absolute Gasteiger partial charge is 0.255 e. The topological polar surface area (TPSA) is 57.7 Å². The molecule has 3 aliphatic rings. The van der Waals surface area contributed by atoms with Gasteiger partial charge in [0, 0.05) is 31.9 Å². The van der Waals surface area contributed by atoms with Crippen molar-refractivity contribution in [3.8, 4) is 0 Å². The Hall–Kier alpha value is -1.56. The zero-order valence-electron chi connectivity index (χ0n) is 14.6. The van der Waals surface area contributed by atoms with Gasteiger partial charge in [-0.1, -0.05) is 18.6 Å². The van der Waals surface area contributed by atoms with Gasteiger partial charge in [-0.25, -0.2) is 8.42 Å². The summed E-state index contributed by atoms with van der Waals surface area (Å²) in [6, 6.07) is 7.68. The van der Waals surface area contributed by atoms with E-state index in [2.05, 4.69) is 4.90 Å². The summed E-state index contributed by atoms with van der Waals surface area (Å²) in [5.74, 6) is 1.76. The van der Waals surface area contributed by atoms with Crippen molar-refractivity contribution in [1.29, 1.82) is 0 Å². The molecule has 1 amide bonds. The third-order valence-corrected chi connectivity index (χ3v) is 7.56. The minimum atomic E-state index is -2.92. The van der Waals surface area contributed by atoms with Crippen molar-refractivity contribution in [2.75, 3.05) is 42.6 Å². The molecule has 1 aromatic carbocycles. The highest BCUT2D eigenvalue weighted by atomic mass is 32.2. The van der Waals surface area contributed by atoms with Crippen LogP contribution in [-0.4, -0.2) is 56.9 Å². The average Bonchev–Trinajstić information content (AvgIpc) is 2.61. The van der Waals surface area contributed by atoms with E-state index in [-0.39, 0.29) is 17.4 Å². The monoisotopic (exact) mass is 362 g/mol. The van der Waals surface area contributed by atoms with Gasteiger partial charge in [0.2, 0.25) is 0 Å². The van der Waals surface area contributed by atoms with Gasteiger partial charge in [-0.15, -0.1) is 0 Å². The van der Waals surface area contributed by atoms with Crippen LogP contribution in [0.1, 0.15) is 36.0 Å². The fraction of sp³-hybridized carbons (Fsp3) is 0.632. The summed E-state index contributed by atoms with van der Waals surface area (Å²) < 4.78 is 23.4. The Balaban J connectivity index is 1.55. The Kier molecular flexibility index (Phi) is 4.48. The van der Waals surface area contributed by atoms with Gasteiger partial charge in [0.25, 0.3) is 5.91 Å². The number of hydrogen-bond acceptors (Lipinski definition) is 4. The number of para-hydroxylation sites is 1. The van der Waals surface area contributed by atoms with Gasteiger partial charge in [-0.05, 0) is 43.2 Å². The largest absolute Gasteiger partial charge is 0.369 e. The fourth-order valence-electron chi connectivity index (χ4n) is 4.65. The second-order valence-electron chi connectivity index (χ2n) is 7.76. The number of rotatable bonds is 2. The lowest BCUT2D eigenvalue weighted by Gasteiger charge is -2.42. The summed E-state index contributed by atoms with van der Waals surface area (Å²) in [5.41, 5.74) is 1.61. The Morgan fingerprint density at radius 1 is 1.00 bits per heavy atom. The van der Waals surface area contributed by atoms with Gasteiger partial charge < -0.3 is 9.80 Å². The number of amides is 1. The molecule has 1 aromatic rings. The molecule has 2 saturated heterocycles. The minimum Gasteiger partial charge on any atom is -0.369 e. The van der Waals surface area contributed by atoms with E-state index in [0.717, 1.165) is 24.3 Å². The maximum atomic E-state index is 13.2. The number of sulfone groups is 1. The second kappa shape index (κ2) is 6.63. The normalized spacial score (nSPS) is 28.6. The zero-order valence-corrected chi connectivity index (χ0v) is 15.4. The van der Waals surface area contributed by atoms with Crippen LogP contribution in [0.2, 0.25) is 0 Å². The van der Waals surface area contributed by atoms with E-state index in [0.29, 0.717) is 24.9 Å². The highest BCUT2D eigenvalue weighted by Gasteiger charge is 2.34. The number of likely N-dealkylation sites (tertiary alicyclic amines) is 1. The number of nitrogens with zero attached hydrogens (tertiary/aromatic N) is 2. The number of hydrogen-bond donors (Lipinski definition) is 0. The molecular weight excluding hydrogens is 336 g/mol. The molecule has 5 nitrogen and oxygen atoms in total. The third-order valence-electron chi connectivity index (χ3n) is 5.96. The predicted molar refractivity (Wildman–Crippen MR) is 98.7 cm³/mol. The standard InChI is InChI=1S/C19H26N2O3S/c22-19(21-13-15-4-3-5-16(12-15)14-21)17-6-1-2-7-18(17)20-8-10-25(23,24)11-9-20/h1-2,6-7,15-16H,3-5,8-14H2/t15-,16-/m1/s1. The molecular formula is C19H26N2O3S. The SMILES string of the molecule is O=C(c1ccccc1N1CCS(=O)(=O)CC1)N1C[C@@H]2CCC[C@H](C2)C1.